The average molecular weight is 284 g/mol. The van der Waals surface area contributed by atoms with Crippen LogP contribution in [0.15, 0.2) is 34.7 Å². The van der Waals surface area contributed by atoms with Crippen molar-refractivity contribution in [2.75, 3.05) is 11.9 Å². The third-order valence-electron chi connectivity index (χ3n) is 4.07. The average Bonchev–Trinajstić information content (AvgIpc) is 3.21. The smallest absolute Gasteiger partial charge is 0.123 e. The van der Waals surface area contributed by atoms with Crippen LogP contribution in [-0.2, 0) is 13.1 Å². The predicted octanol–water partition coefficient (Wildman–Crippen LogP) is 3.78. The van der Waals surface area contributed by atoms with Gasteiger partial charge >= 0.3 is 0 Å². The van der Waals surface area contributed by atoms with Gasteiger partial charge in [0.25, 0.3) is 0 Å². The van der Waals surface area contributed by atoms with Crippen LogP contribution in [0.4, 0.5) is 5.69 Å². The molecule has 1 aliphatic carbocycles. The van der Waals surface area contributed by atoms with E-state index in [1.165, 1.54) is 29.7 Å². The van der Waals surface area contributed by atoms with Crippen molar-refractivity contribution in [3.63, 3.8) is 0 Å². The molecule has 0 amide bonds. The summed E-state index contributed by atoms with van der Waals surface area (Å²) in [5.41, 5.74) is 3.79. The van der Waals surface area contributed by atoms with Crippen molar-refractivity contribution in [1.29, 1.82) is 0 Å². The van der Waals surface area contributed by atoms with Gasteiger partial charge in [0.1, 0.15) is 11.5 Å². The molecule has 1 aliphatic rings. The molecule has 3 nitrogen and oxygen atoms in total. The molecule has 2 aromatic rings. The SMILES string of the molecule is Cc1cccc(N(C)Cc2cc(CNC3CC3)c(C)o2)c1. The van der Waals surface area contributed by atoms with E-state index in [9.17, 15) is 0 Å². The first-order chi connectivity index (χ1) is 10.1. The highest BCUT2D eigenvalue weighted by Gasteiger charge is 2.21. The molecule has 0 aliphatic heterocycles. The van der Waals surface area contributed by atoms with Gasteiger partial charge in [-0.3, -0.25) is 0 Å². The second kappa shape index (κ2) is 5.94. The van der Waals surface area contributed by atoms with E-state index in [-0.39, 0.29) is 0 Å². The molecule has 0 atom stereocenters. The van der Waals surface area contributed by atoms with Crippen LogP contribution in [0, 0.1) is 13.8 Å². The van der Waals surface area contributed by atoms with E-state index in [1.807, 2.05) is 0 Å². The molecule has 0 spiro atoms. The van der Waals surface area contributed by atoms with Crippen LogP contribution in [0.5, 0.6) is 0 Å². The normalized spacial score (nSPS) is 14.4. The first-order valence-electron chi connectivity index (χ1n) is 7.71. The van der Waals surface area contributed by atoms with Crippen molar-refractivity contribution in [3.8, 4) is 0 Å². The second-order valence-corrected chi connectivity index (χ2v) is 6.14. The Hall–Kier alpha value is -1.74. The highest BCUT2D eigenvalue weighted by molar-refractivity contribution is 5.47. The van der Waals surface area contributed by atoms with Gasteiger partial charge in [0.2, 0.25) is 0 Å². The zero-order chi connectivity index (χ0) is 14.8. The molecule has 21 heavy (non-hydrogen) atoms. The summed E-state index contributed by atoms with van der Waals surface area (Å²) in [5.74, 6) is 2.07. The van der Waals surface area contributed by atoms with Gasteiger partial charge in [-0.1, -0.05) is 12.1 Å². The molecular weight excluding hydrogens is 260 g/mol. The molecular formula is C18H24N2O. The number of benzene rings is 1. The number of hydrogen-bond acceptors (Lipinski definition) is 3. The van der Waals surface area contributed by atoms with E-state index >= 15 is 0 Å². The summed E-state index contributed by atoms with van der Waals surface area (Å²) in [6, 6.07) is 11.5. The predicted molar refractivity (Wildman–Crippen MR) is 86.6 cm³/mol. The largest absolute Gasteiger partial charge is 0.464 e. The van der Waals surface area contributed by atoms with Crippen LogP contribution in [0.2, 0.25) is 0 Å². The molecule has 1 aromatic carbocycles. The van der Waals surface area contributed by atoms with Crippen LogP contribution >= 0.6 is 0 Å². The molecule has 1 heterocycles. The fourth-order valence-electron chi connectivity index (χ4n) is 2.57. The molecule has 1 N–H and O–H groups in total. The van der Waals surface area contributed by atoms with Gasteiger partial charge in [0.05, 0.1) is 6.54 Å². The highest BCUT2D eigenvalue weighted by Crippen LogP contribution is 2.23. The number of hydrogen-bond donors (Lipinski definition) is 1. The fraction of sp³-hybridized carbons (Fsp3) is 0.444. The first-order valence-corrected chi connectivity index (χ1v) is 7.71. The Kier molecular flexibility index (Phi) is 4.02. The highest BCUT2D eigenvalue weighted by atomic mass is 16.3. The lowest BCUT2D eigenvalue weighted by atomic mass is 10.2. The van der Waals surface area contributed by atoms with Gasteiger partial charge in [-0.05, 0) is 50.5 Å². The lowest BCUT2D eigenvalue weighted by Crippen LogP contribution is -2.16. The van der Waals surface area contributed by atoms with E-state index in [2.05, 4.69) is 61.4 Å². The summed E-state index contributed by atoms with van der Waals surface area (Å²) in [6.45, 7) is 5.90. The van der Waals surface area contributed by atoms with Crippen LogP contribution in [0.1, 0.15) is 35.5 Å². The Labute approximate surface area is 127 Å². The molecule has 1 fully saturated rings. The topological polar surface area (TPSA) is 28.4 Å². The minimum Gasteiger partial charge on any atom is -0.464 e. The maximum Gasteiger partial charge on any atom is 0.123 e. The number of furan rings is 1. The number of rotatable bonds is 6. The van der Waals surface area contributed by atoms with Gasteiger partial charge in [0, 0.05) is 30.9 Å². The summed E-state index contributed by atoms with van der Waals surface area (Å²) in [6.07, 6.45) is 2.64. The molecule has 1 aromatic heterocycles. The molecule has 3 heteroatoms. The van der Waals surface area contributed by atoms with Gasteiger partial charge in [0.15, 0.2) is 0 Å². The summed E-state index contributed by atoms with van der Waals surface area (Å²) in [7, 11) is 2.11. The molecule has 3 rings (SSSR count). The lowest BCUT2D eigenvalue weighted by molar-refractivity contribution is 0.477. The first kappa shape index (κ1) is 14.2. The Morgan fingerprint density at radius 1 is 1.24 bits per heavy atom. The minimum absolute atomic E-state index is 0.734. The van der Waals surface area contributed by atoms with Crippen molar-refractivity contribution in [3.05, 3.63) is 53.0 Å². The quantitative estimate of drug-likeness (QED) is 0.875. The van der Waals surface area contributed by atoms with E-state index in [0.717, 1.165) is 30.7 Å². The van der Waals surface area contributed by atoms with E-state index in [4.69, 9.17) is 4.42 Å². The summed E-state index contributed by atoms with van der Waals surface area (Å²) in [4.78, 5) is 2.23. The van der Waals surface area contributed by atoms with Crippen LogP contribution in [-0.4, -0.2) is 13.1 Å². The molecule has 0 radical (unpaired) electrons. The Morgan fingerprint density at radius 2 is 2.05 bits per heavy atom. The summed E-state index contributed by atoms with van der Waals surface area (Å²) in [5, 5.41) is 3.55. The monoisotopic (exact) mass is 284 g/mol. The summed E-state index contributed by atoms with van der Waals surface area (Å²) >= 11 is 0. The molecule has 0 unspecified atom stereocenters. The third-order valence-corrected chi connectivity index (χ3v) is 4.07. The van der Waals surface area contributed by atoms with Gasteiger partial charge in [-0.15, -0.1) is 0 Å². The maximum absolute atomic E-state index is 5.91. The van der Waals surface area contributed by atoms with Crippen molar-refractivity contribution in [2.45, 2.75) is 45.8 Å². The van der Waals surface area contributed by atoms with Gasteiger partial charge in [-0.2, -0.15) is 0 Å². The molecule has 0 bridgehead atoms. The number of nitrogens with one attached hydrogen (secondary N) is 1. The van der Waals surface area contributed by atoms with E-state index < -0.39 is 0 Å². The third kappa shape index (κ3) is 3.67. The second-order valence-electron chi connectivity index (χ2n) is 6.14. The minimum atomic E-state index is 0.734. The Morgan fingerprint density at radius 3 is 2.76 bits per heavy atom. The molecule has 1 saturated carbocycles. The Bertz CT molecular complexity index is 613. The number of nitrogens with zero attached hydrogens (tertiary/aromatic N) is 1. The van der Waals surface area contributed by atoms with Crippen molar-refractivity contribution in [2.24, 2.45) is 0 Å². The standard InChI is InChI=1S/C18H24N2O/c1-13-5-4-6-17(9-13)20(3)12-18-10-15(14(2)21-18)11-19-16-7-8-16/h4-6,9-10,16,19H,7-8,11-12H2,1-3H3. The van der Waals surface area contributed by atoms with Gasteiger partial charge < -0.3 is 14.6 Å². The maximum atomic E-state index is 5.91. The van der Waals surface area contributed by atoms with Crippen molar-refractivity contribution < 1.29 is 4.42 Å². The zero-order valence-corrected chi connectivity index (χ0v) is 13.1. The van der Waals surface area contributed by atoms with Gasteiger partial charge in [-0.25, -0.2) is 0 Å². The fourth-order valence-corrected chi connectivity index (χ4v) is 2.57. The number of aryl methyl sites for hydroxylation is 2. The van der Waals surface area contributed by atoms with Crippen molar-refractivity contribution in [1.82, 2.24) is 5.32 Å². The Balaban J connectivity index is 1.65. The van der Waals surface area contributed by atoms with E-state index in [0.29, 0.717) is 0 Å². The zero-order valence-electron chi connectivity index (χ0n) is 13.1. The summed E-state index contributed by atoms with van der Waals surface area (Å²) < 4.78 is 5.91. The van der Waals surface area contributed by atoms with E-state index in [1.54, 1.807) is 0 Å². The molecule has 0 saturated heterocycles. The van der Waals surface area contributed by atoms with Crippen LogP contribution < -0.4 is 10.2 Å². The lowest BCUT2D eigenvalue weighted by Gasteiger charge is -2.18. The molecule has 112 valence electrons. The number of anilines is 1. The van der Waals surface area contributed by atoms with Crippen molar-refractivity contribution >= 4 is 5.69 Å². The van der Waals surface area contributed by atoms with Crippen LogP contribution in [0.3, 0.4) is 0 Å². The van der Waals surface area contributed by atoms with Crippen LogP contribution in [0.25, 0.3) is 0 Å².